The van der Waals surface area contributed by atoms with Crippen molar-refractivity contribution in [1.29, 1.82) is 0 Å². The van der Waals surface area contributed by atoms with Gasteiger partial charge in [0.05, 0.1) is 0 Å². The average Bonchev–Trinajstić information content (AvgIpc) is 2.38. The van der Waals surface area contributed by atoms with Gasteiger partial charge in [0.25, 0.3) is 5.91 Å². The van der Waals surface area contributed by atoms with E-state index < -0.39 is 0 Å². The monoisotopic (exact) mass is 254 g/mol. The maximum absolute atomic E-state index is 12.1. The molecule has 1 saturated heterocycles. The summed E-state index contributed by atoms with van der Waals surface area (Å²) in [6.45, 7) is 1.56. The predicted molar refractivity (Wildman–Crippen MR) is 65.0 cm³/mol. The maximum atomic E-state index is 12.1. The van der Waals surface area contributed by atoms with Crippen molar-refractivity contribution in [1.82, 2.24) is 9.88 Å². The summed E-state index contributed by atoms with van der Waals surface area (Å²) in [7, 11) is 0. The van der Waals surface area contributed by atoms with E-state index in [-0.39, 0.29) is 12.5 Å². The van der Waals surface area contributed by atoms with Gasteiger partial charge in [0.2, 0.25) is 0 Å². The Morgan fingerprint density at radius 3 is 2.76 bits per heavy atom. The molecule has 5 heteroatoms. The van der Waals surface area contributed by atoms with Crippen molar-refractivity contribution in [3.63, 3.8) is 0 Å². The number of aliphatic hydroxyl groups excluding tert-OH is 1. The topological polar surface area (TPSA) is 53.4 Å². The van der Waals surface area contributed by atoms with Crippen molar-refractivity contribution < 1.29 is 9.90 Å². The number of amides is 1. The first-order valence-corrected chi connectivity index (χ1v) is 6.11. The number of nitrogens with zero attached hydrogens (tertiary/aromatic N) is 2. The van der Waals surface area contributed by atoms with Gasteiger partial charge in [-0.15, -0.1) is 0 Å². The van der Waals surface area contributed by atoms with Crippen molar-refractivity contribution in [3.05, 3.63) is 29.0 Å². The van der Waals surface area contributed by atoms with Crippen LogP contribution in [0.25, 0.3) is 0 Å². The van der Waals surface area contributed by atoms with Gasteiger partial charge in [0.15, 0.2) is 0 Å². The molecule has 92 valence electrons. The van der Waals surface area contributed by atoms with E-state index in [0.29, 0.717) is 29.9 Å². The Hall–Kier alpha value is -1.13. The summed E-state index contributed by atoms with van der Waals surface area (Å²) in [5.74, 6) is 0.246. The minimum atomic E-state index is -0.0797. The largest absolute Gasteiger partial charge is 0.396 e. The number of likely N-dealkylation sites (tertiary alicyclic amines) is 1. The molecule has 1 N–H and O–H groups in total. The molecule has 1 aliphatic heterocycles. The smallest absolute Gasteiger partial charge is 0.272 e. The highest BCUT2D eigenvalue weighted by Gasteiger charge is 2.23. The molecular formula is C12H15ClN2O2. The number of rotatable bonds is 2. The zero-order chi connectivity index (χ0) is 12.3. The van der Waals surface area contributed by atoms with Crippen molar-refractivity contribution in [2.75, 3.05) is 19.7 Å². The van der Waals surface area contributed by atoms with Crippen molar-refractivity contribution in [2.24, 2.45) is 5.92 Å². The zero-order valence-electron chi connectivity index (χ0n) is 9.47. The lowest BCUT2D eigenvalue weighted by molar-refractivity contribution is 0.0645. The molecule has 1 aliphatic rings. The molecule has 0 aliphatic carbocycles. The van der Waals surface area contributed by atoms with E-state index in [1.54, 1.807) is 23.1 Å². The third-order valence-corrected chi connectivity index (χ3v) is 3.30. The Balaban J connectivity index is 2.02. The summed E-state index contributed by atoms with van der Waals surface area (Å²) in [6.07, 6.45) is 1.70. The minimum Gasteiger partial charge on any atom is -0.396 e. The molecule has 0 bridgehead atoms. The first kappa shape index (κ1) is 12.3. The molecule has 0 unspecified atom stereocenters. The average molecular weight is 255 g/mol. The molecule has 0 spiro atoms. The normalized spacial score (nSPS) is 17.2. The van der Waals surface area contributed by atoms with E-state index in [9.17, 15) is 4.79 Å². The fraction of sp³-hybridized carbons (Fsp3) is 0.500. The molecule has 0 radical (unpaired) electrons. The first-order chi connectivity index (χ1) is 8.20. The number of halogens is 1. The third kappa shape index (κ3) is 2.96. The van der Waals surface area contributed by atoms with Gasteiger partial charge in [0, 0.05) is 19.7 Å². The lowest BCUT2D eigenvalue weighted by atomic mass is 9.98. The van der Waals surface area contributed by atoms with Gasteiger partial charge in [-0.2, -0.15) is 0 Å². The minimum absolute atomic E-state index is 0.0797. The summed E-state index contributed by atoms with van der Waals surface area (Å²) >= 11 is 5.76. The van der Waals surface area contributed by atoms with Crippen molar-refractivity contribution >= 4 is 17.5 Å². The number of hydrogen-bond donors (Lipinski definition) is 1. The number of carbonyl (C=O) groups excluding carboxylic acids is 1. The maximum Gasteiger partial charge on any atom is 0.272 e. The molecular weight excluding hydrogens is 240 g/mol. The molecule has 4 nitrogen and oxygen atoms in total. The Bertz CT molecular complexity index is 403. The third-order valence-electron chi connectivity index (χ3n) is 3.09. The summed E-state index contributed by atoms with van der Waals surface area (Å²) in [5.41, 5.74) is 0.389. The van der Waals surface area contributed by atoms with Crippen LogP contribution in [0.1, 0.15) is 23.3 Å². The van der Waals surface area contributed by atoms with Crippen LogP contribution in [-0.2, 0) is 0 Å². The van der Waals surface area contributed by atoms with Gasteiger partial charge < -0.3 is 10.0 Å². The van der Waals surface area contributed by atoms with Gasteiger partial charge in [-0.05, 0) is 30.9 Å². The number of aromatic nitrogens is 1. The second-order valence-corrected chi connectivity index (χ2v) is 4.65. The summed E-state index contributed by atoms with van der Waals surface area (Å²) < 4.78 is 0. The Labute approximate surface area is 105 Å². The van der Waals surface area contributed by atoms with Gasteiger partial charge in [0.1, 0.15) is 10.8 Å². The van der Waals surface area contributed by atoms with Crippen LogP contribution in [0.4, 0.5) is 0 Å². The number of aliphatic hydroxyl groups is 1. The van der Waals surface area contributed by atoms with E-state index in [1.807, 2.05) is 0 Å². The molecule has 1 amide bonds. The van der Waals surface area contributed by atoms with Gasteiger partial charge in [-0.25, -0.2) is 4.98 Å². The number of pyridine rings is 1. The molecule has 1 fully saturated rings. The van der Waals surface area contributed by atoms with E-state index in [4.69, 9.17) is 16.7 Å². The first-order valence-electron chi connectivity index (χ1n) is 5.73. The highest BCUT2D eigenvalue weighted by molar-refractivity contribution is 6.29. The number of hydrogen-bond acceptors (Lipinski definition) is 3. The molecule has 1 aromatic heterocycles. The van der Waals surface area contributed by atoms with Crippen LogP contribution < -0.4 is 0 Å². The lowest BCUT2D eigenvalue weighted by Gasteiger charge is -2.30. The summed E-state index contributed by atoms with van der Waals surface area (Å²) in [5, 5.41) is 9.37. The second kappa shape index (κ2) is 5.47. The predicted octanol–water partition coefficient (Wildman–Crippen LogP) is 1.58. The molecule has 2 heterocycles. The molecule has 2 rings (SSSR count). The number of piperidine rings is 1. The highest BCUT2D eigenvalue weighted by atomic mass is 35.5. The lowest BCUT2D eigenvalue weighted by Crippen LogP contribution is -2.39. The van der Waals surface area contributed by atoms with Crippen LogP contribution >= 0.6 is 11.6 Å². The summed E-state index contributed by atoms with van der Waals surface area (Å²) in [4.78, 5) is 17.9. The highest BCUT2D eigenvalue weighted by Crippen LogP contribution is 2.18. The quantitative estimate of drug-likeness (QED) is 0.816. The molecule has 0 atom stereocenters. The fourth-order valence-corrected chi connectivity index (χ4v) is 2.17. The van der Waals surface area contributed by atoms with Crippen molar-refractivity contribution in [2.45, 2.75) is 12.8 Å². The van der Waals surface area contributed by atoms with E-state index in [0.717, 1.165) is 12.8 Å². The van der Waals surface area contributed by atoms with Crippen LogP contribution in [0.2, 0.25) is 5.15 Å². The van der Waals surface area contributed by atoms with Crippen molar-refractivity contribution in [3.8, 4) is 0 Å². The summed E-state index contributed by atoms with van der Waals surface area (Å²) in [6, 6.07) is 5.05. The Kier molecular flexibility index (Phi) is 3.97. The second-order valence-electron chi connectivity index (χ2n) is 4.26. The Morgan fingerprint density at radius 1 is 1.47 bits per heavy atom. The van der Waals surface area contributed by atoms with Crippen LogP contribution in [0.15, 0.2) is 18.2 Å². The number of carbonyl (C=O) groups is 1. The molecule has 0 aromatic carbocycles. The Morgan fingerprint density at radius 2 is 2.18 bits per heavy atom. The standard InChI is InChI=1S/C12H15ClN2O2/c13-11-3-1-2-10(14-11)12(17)15-6-4-9(8-16)5-7-15/h1-3,9,16H,4-8H2. The molecule has 0 saturated carbocycles. The van der Waals surface area contributed by atoms with Crippen LogP contribution in [0, 0.1) is 5.92 Å². The zero-order valence-corrected chi connectivity index (χ0v) is 10.2. The van der Waals surface area contributed by atoms with Gasteiger partial charge in [-0.1, -0.05) is 17.7 Å². The van der Waals surface area contributed by atoms with Gasteiger partial charge >= 0.3 is 0 Å². The van der Waals surface area contributed by atoms with E-state index in [1.165, 1.54) is 0 Å². The van der Waals surface area contributed by atoms with Crippen LogP contribution in [0.3, 0.4) is 0 Å². The van der Waals surface area contributed by atoms with E-state index >= 15 is 0 Å². The SMILES string of the molecule is O=C(c1cccc(Cl)n1)N1CCC(CO)CC1. The van der Waals surface area contributed by atoms with Crippen LogP contribution in [0.5, 0.6) is 0 Å². The van der Waals surface area contributed by atoms with E-state index in [2.05, 4.69) is 4.98 Å². The van der Waals surface area contributed by atoms with Crippen LogP contribution in [-0.4, -0.2) is 40.6 Å². The fourth-order valence-electron chi connectivity index (χ4n) is 2.01. The molecule has 1 aromatic rings. The van der Waals surface area contributed by atoms with Gasteiger partial charge in [-0.3, -0.25) is 4.79 Å². The molecule has 17 heavy (non-hydrogen) atoms.